The van der Waals surface area contributed by atoms with Crippen molar-refractivity contribution in [3.8, 4) is 0 Å². The Morgan fingerprint density at radius 2 is 1.72 bits per heavy atom. The normalized spacial score (nSPS) is 13.9. The van der Waals surface area contributed by atoms with E-state index in [4.69, 9.17) is 0 Å². The predicted octanol–water partition coefficient (Wildman–Crippen LogP) is 1.55. The fourth-order valence-electron chi connectivity index (χ4n) is 1.80. The maximum absolute atomic E-state index is 11.6. The summed E-state index contributed by atoms with van der Waals surface area (Å²) in [5.41, 5.74) is 0. The van der Waals surface area contributed by atoms with Crippen LogP contribution in [0.2, 0.25) is 0 Å². The van der Waals surface area contributed by atoms with Crippen molar-refractivity contribution >= 4 is 25.4 Å². The number of phosphoric ester groups is 1. The maximum atomic E-state index is 11.6. The second kappa shape index (κ2) is 13.9. The van der Waals surface area contributed by atoms with Crippen LogP contribution >= 0.6 is 7.82 Å². The maximum Gasteiger partial charge on any atom is 0.315 e. The number of Topliss-reactive ketones (excluding diaryl/α,β-unsaturated/α-hetero) is 2. The summed E-state index contributed by atoms with van der Waals surface area (Å²) < 4.78 is 19.6. The minimum atomic E-state index is -4.15. The number of carbonyl (C=O) groups excluding carboxylic acids is 3. The molecule has 2 atom stereocenters. The van der Waals surface area contributed by atoms with E-state index >= 15 is 0 Å². The van der Waals surface area contributed by atoms with Gasteiger partial charge in [0.2, 0.25) is 0 Å². The van der Waals surface area contributed by atoms with Crippen LogP contribution in [0.15, 0.2) is 0 Å². The Morgan fingerprint density at radius 3 is 2.24 bits per heavy atom. The van der Waals surface area contributed by atoms with Crippen molar-refractivity contribution in [2.24, 2.45) is 0 Å². The Kier molecular flexibility index (Phi) is 14.5. The summed E-state index contributed by atoms with van der Waals surface area (Å²) in [7, 11) is -3.11. The number of urea groups is 1. The fraction of sp³-hybridized carbons (Fsp3) is 0.800. The van der Waals surface area contributed by atoms with E-state index in [0.29, 0.717) is 19.4 Å². The van der Waals surface area contributed by atoms with Crippen LogP contribution in [-0.4, -0.2) is 43.9 Å². The molecule has 0 heterocycles. The molecule has 9 nitrogen and oxygen atoms in total. The van der Waals surface area contributed by atoms with Gasteiger partial charge in [0.05, 0.1) is 12.6 Å². The number of hydrogen-bond acceptors (Lipinski definition) is 7. The Balaban J connectivity index is 0. The topological polar surface area (TPSA) is 134 Å². The minimum Gasteiger partial charge on any atom is -0.756 e. The van der Waals surface area contributed by atoms with Gasteiger partial charge in [-0.25, -0.2) is 4.79 Å². The molecule has 0 aromatic carbocycles. The molecule has 0 aliphatic carbocycles. The summed E-state index contributed by atoms with van der Waals surface area (Å²) in [4.78, 5) is 44.9. The quantitative estimate of drug-likeness (QED) is 0.365. The standard InChI is InChI=1S/C14H27N2O7P.CH4/c1-11(17)10-13(12(2)18)16-14(19)15-8-6-4-5-7-9-23-24(20,21)22-3;/h13H,4-10H2,1-3H3,(H,20,21)(H2,15,16,19);1H4/p-1. The van der Waals surface area contributed by atoms with Gasteiger partial charge in [-0.1, -0.05) is 20.3 Å². The molecular weight excluding hydrogens is 351 g/mol. The van der Waals surface area contributed by atoms with Crippen molar-refractivity contribution in [3.05, 3.63) is 0 Å². The lowest BCUT2D eigenvalue weighted by Crippen LogP contribution is -2.46. The molecule has 148 valence electrons. The lowest BCUT2D eigenvalue weighted by atomic mass is 10.1. The molecule has 0 radical (unpaired) electrons. The monoisotopic (exact) mass is 381 g/mol. The summed E-state index contributed by atoms with van der Waals surface area (Å²) in [5.74, 6) is -0.444. The summed E-state index contributed by atoms with van der Waals surface area (Å²) in [5, 5.41) is 5.07. The Hall–Kier alpha value is -1.28. The first-order valence-corrected chi connectivity index (χ1v) is 9.19. The number of unbranched alkanes of at least 4 members (excludes halogenated alkanes) is 3. The van der Waals surface area contributed by atoms with Gasteiger partial charge in [0.25, 0.3) is 7.82 Å². The smallest absolute Gasteiger partial charge is 0.315 e. The zero-order chi connectivity index (χ0) is 18.6. The molecule has 0 bridgehead atoms. The van der Waals surface area contributed by atoms with E-state index in [0.717, 1.165) is 20.0 Å². The second-order valence-corrected chi connectivity index (χ2v) is 6.86. The van der Waals surface area contributed by atoms with Crippen molar-refractivity contribution in [3.63, 3.8) is 0 Å². The average Bonchev–Trinajstić information content (AvgIpc) is 2.48. The third kappa shape index (κ3) is 14.7. The van der Waals surface area contributed by atoms with E-state index in [1.54, 1.807) is 0 Å². The van der Waals surface area contributed by atoms with Crippen LogP contribution in [-0.2, 0) is 23.2 Å². The summed E-state index contributed by atoms with van der Waals surface area (Å²) in [6, 6.07) is -1.30. The van der Waals surface area contributed by atoms with E-state index in [9.17, 15) is 23.8 Å². The summed E-state index contributed by atoms with van der Waals surface area (Å²) in [6.45, 7) is 3.15. The molecule has 0 aromatic rings. The van der Waals surface area contributed by atoms with Gasteiger partial charge in [-0.3, -0.25) is 14.2 Å². The zero-order valence-electron chi connectivity index (χ0n) is 14.3. The van der Waals surface area contributed by atoms with Gasteiger partial charge in [-0.15, -0.1) is 0 Å². The van der Waals surface area contributed by atoms with E-state index in [2.05, 4.69) is 19.7 Å². The number of ketones is 2. The molecule has 0 fully saturated rings. The number of rotatable bonds is 13. The van der Waals surface area contributed by atoms with Crippen molar-refractivity contribution in [2.75, 3.05) is 20.3 Å². The molecule has 2 unspecified atom stereocenters. The molecule has 25 heavy (non-hydrogen) atoms. The highest BCUT2D eigenvalue weighted by Crippen LogP contribution is 2.36. The molecule has 0 saturated heterocycles. The minimum absolute atomic E-state index is 0. The number of amides is 2. The van der Waals surface area contributed by atoms with E-state index < -0.39 is 19.9 Å². The van der Waals surface area contributed by atoms with Gasteiger partial charge >= 0.3 is 6.03 Å². The van der Waals surface area contributed by atoms with Gasteiger partial charge in [0.1, 0.15) is 5.78 Å². The van der Waals surface area contributed by atoms with Crippen molar-refractivity contribution in [2.45, 2.75) is 59.4 Å². The predicted molar refractivity (Wildman–Crippen MR) is 92.1 cm³/mol. The Bertz CT molecular complexity index is 471. The van der Waals surface area contributed by atoms with Crippen LogP contribution in [0.3, 0.4) is 0 Å². The van der Waals surface area contributed by atoms with Crippen LogP contribution in [0.25, 0.3) is 0 Å². The van der Waals surface area contributed by atoms with Gasteiger partial charge in [0.15, 0.2) is 5.78 Å². The summed E-state index contributed by atoms with van der Waals surface area (Å²) >= 11 is 0. The Labute approximate surface area is 149 Å². The lowest BCUT2D eigenvalue weighted by molar-refractivity contribution is -0.223. The Morgan fingerprint density at radius 1 is 1.12 bits per heavy atom. The molecule has 0 aliphatic rings. The largest absolute Gasteiger partial charge is 0.756 e. The molecule has 0 spiro atoms. The molecule has 0 aromatic heterocycles. The highest BCUT2D eigenvalue weighted by molar-refractivity contribution is 7.45. The van der Waals surface area contributed by atoms with Crippen molar-refractivity contribution in [1.82, 2.24) is 10.6 Å². The van der Waals surface area contributed by atoms with Crippen molar-refractivity contribution in [1.29, 1.82) is 0 Å². The molecule has 2 amide bonds. The molecule has 0 rings (SSSR count). The SMILES string of the molecule is C.COP(=O)([O-])OCCCCCCNC(=O)NC(CC(C)=O)C(C)=O. The zero-order valence-corrected chi connectivity index (χ0v) is 15.2. The van der Waals surface area contributed by atoms with E-state index in [-0.39, 0.29) is 32.0 Å². The fourth-order valence-corrected chi connectivity index (χ4v) is 2.26. The highest BCUT2D eigenvalue weighted by Gasteiger charge is 2.18. The number of phosphoric acid groups is 1. The van der Waals surface area contributed by atoms with Gasteiger partial charge < -0.3 is 24.6 Å². The van der Waals surface area contributed by atoms with E-state index in [1.165, 1.54) is 13.8 Å². The first-order valence-electron chi connectivity index (χ1n) is 7.73. The van der Waals surface area contributed by atoms with Crippen LogP contribution in [0.1, 0.15) is 53.4 Å². The number of carbonyl (C=O) groups is 3. The van der Waals surface area contributed by atoms with Crippen LogP contribution in [0, 0.1) is 0 Å². The third-order valence-corrected chi connectivity index (χ3v) is 4.06. The summed E-state index contributed by atoms with van der Waals surface area (Å²) in [6.07, 6.45) is 2.77. The van der Waals surface area contributed by atoms with Gasteiger partial charge in [0, 0.05) is 20.1 Å². The average molecular weight is 381 g/mol. The van der Waals surface area contributed by atoms with Crippen LogP contribution < -0.4 is 15.5 Å². The van der Waals surface area contributed by atoms with Gasteiger partial charge in [-0.05, 0) is 26.7 Å². The van der Waals surface area contributed by atoms with Crippen LogP contribution in [0.5, 0.6) is 0 Å². The molecule has 10 heteroatoms. The highest BCUT2D eigenvalue weighted by atomic mass is 31.2. The molecule has 0 aliphatic heterocycles. The lowest BCUT2D eigenvalue weighted by Gasteiger charge is -2.19. The first-order chi connectivity index (χ1) is 11.2. The molecular formula is C15H30N2O7P-. The van der Waals surface area contributed by atoms with Crippen molar-refractivity contribution < 1.29 is 32.9 Å². The number of nitrogens with one attached hydrogen (secondary N) is 2. The first kappa shape index (κ1) is 26.0. The van der Waals surface area contributed by atoms with E-state index in [1.807, 2.05) is 0 Å². The third-order valence-electron chi connectivity index (χ3n) is 3.12. The van der Waals surface area contributed by atoms with Gasteiger partial charge in [-0.2, -0.15) is 0 Å². The molecule has 0 saturated carbocycles. The molecule has 2 N–H and O–H groups in total. The number of hydrogen-bond donors (Lipinski definition) is 2. The second-order valence-electron chi connectivity index (χ2n) is 5.35. The van der Waals surface area contributed by atoms with Crippen LogP contribution in [0.4, 0.5) is 4.79 Å².